The first-order valence-corrected chi connectivity index (χ1v) is 8.93. The molecule has 1 saturated carbocycles. The van der Waals surface area contributed by atoms with E-state index in [9.17, 15) is 4.79 Å². The van der Waals surface area contributed by atoms with Crippen LogP contribution in [-0.2, 0) is 11.8 Å². The molecule has 2 aromatic carbocycles. The van der Waals surface area contributed by atoms with E-state index in [1.54, 1.807) is 7.11 Å². The van der Waals surface area contributed by atoms with Gasteiger partial charge in [0, 0.05) is 18.5 Å². The molecule has 0 unspecified atom stereocenters. The van der Waals surface area contributed by atoms with Crippen molar-refractivity contribution in [2.45, 2.75) is 31.1 Å². The van der Waals surface area contributed by atoms with Crippen LogP contribution in [0.1, 0.15) is 30.4 Å². The minimum atomic E-state index is -0.0999. The van der Waals surface area contributed by atoms with Crippen LogP contribution in [0, 0.1) is 0 Å². The number of nitrogens with one attached hydrogen (secondary N) is 2. The second-order valence-corrected chi connectivity index (χ2v) is 6.67. The number of para-hydroxylation sites is 1. The molecule has 0 radical (unpaired) electrons. The topological polar surface area (TPSA) is 50.4 Å². The molecule has 0 spiro atoms. The molecule has 3 rings (SSSR count). The van der Waals surface area contributed by atoms with E-state index < -0.39 is 0 Å². The molecule has 0 atom stereocenters. The van der Waals surface area contributed by atoms with Gasteiger partial charge in [-0.2, -0.15) is 0 Å². The van der Waals surface area contributed by atoms with Crippen molar-refractivity contribution in [3.05, 3.63) is 65.7 Å². The maximum atomic E-state index is 12.2. The van der Waals surface area contributed by atoms with Crippen LogP contribution < -0.4 is 15.4 Å². The third kappa shape index (κ3) is 4.13. The highest BCUT2D eigenvalue weighted by molar-refractivity contribution is 5.74. The molecule has 0 aliphatic heterocycles. The summed E-state index contributed by atoms with van der Waals surface area (Å²) in [5.41, 5.74) is 2.54. The van der Waals surface area contributed by atoms with Crippen molar-refractivity contribution in [2.24, 2.45) is 0 Å². The Bertz CT molecular complexity index is 696. The zero-order chi connectivity index (χ0) is 17.5. The zero-order valence-electron chi connectivity index (χ0n) is 14.8. The summed E-state index contributed by atoms with van der Waals surface area (Å²) >= 11 is 0. The number of benzene rings is 2. The molecule has 4 heteroatoms. The Morgan fingerprint density at radius 3 is 2.44 bits per heavy atom. The smallest absolute Gasteiger partial charge is 0.314 e. The molecule has 1 aliphatic carbocycles. The normalized spacial score (nSPS) is 15.1. The Balaban J connectivity index is 1.47. The average molecular weight is 338 g/mol. The highest BCUT2D eigenvalue weighted by atomic mass is 16.5. The van der Waals surface area contributed by atoms with Gasteiger partial charge in [0.1, 0.15) is 5.75 Å². The van der Waals surface area contributed by atoms with Crippen LogP contribution in [0.25, 0.3) is 0 Å². The first-order valence-electron chi connectivity index (χ1n) is 8.93. The minimum Gasteiger partial charge on any atom is -0.496 e. The van der Waals surface area contributed by atoms with Crippen LogP contribution in [0.3, 0.4) is 0 Å². The van der Waals surface area contributed by atoms with Crippen LogP contribution in [-0.4, -0.2) is 26.2 Å². The van der Waals surface area contributed by atoms with E-state index in [0.717, 1.165) is 30.6 Å². The van der Waals surface area contributed by atoms with Gasteiger partial charge in [0.15, 0.2) is 0 Å². The molecule has 4 nitrogen and oxygen atoms in total. The van der Waals surface area contributed by atoms with E-state index in [4.69, 9.17) is 4.74 Å². The van der Waals surface area contributed by atoms with Crippen molar-refractivity contribution in [1.82, 2.24) is 10.6 Å². The molecule has 0 heterocycles. The van der Waals surface area contributed by atoms with Gasteiger partial charge in [-0.1, -0.05) is 55.0 Å². The summed E-state index contributed by atoms with van der Waals surface area (Å²) in [6.07, 6.45) is 4.25. The lowest BCUT2D eigenvalue weighted by atomic mass is 9.64. The van der Waals surface area contributed by atoms with E-state index in [0.29, 0.717) is 13.1 Å². The summed E-state index contributed by atoms with van der Waals surface area (Å²) in [6.45, 7) is 1.28. The fourth-order valence-electron chi connectivity index (χ4n) is 3.49. The number of hydrogen-bond donors (Lipinski definition) is 2. The van der Waals surface area contributed by atoms with Gasteiger partial charge in [0.2, 0.25) is 0 Å². The SMILES string of the molecule is COc1ccccc1CCNC(=O)NCC1(c2ccccc2)CCC1. The summed E-state index contributed by atoms with van der Waals surface area (Å²) in [5, 5.41) is 6.01. The lowest BCUT2D eigenvalue weighted by Crippen LogP contribution is -2.48. The molecular formula is C21H26N2O2. The minimum absolute atomic E-state index is 0.0999. The quantitative estimate of drug-likeness (QED) is 0.809. The van der Waals surface area contributed by atoms with E-state index in [-0.39, 0.29) is 11.4 Å². The van der Waals surface area contributed by atoms with Crippen LogP contribution in [0.15, 0.2) is 54.6 Å². The second kappa shape index (κ2) is 8.06. The molecule has 2 aromatic rings. The summed E-state index contributed by atoms with van der Waals surface area (Å²) in [4.78, 5) is 12.2. The van der Waals surface area contributed by atoms with Gasteiger partial charge < -0.3 is 15.4 Å². The molecule has 0 aromatic heterocycles. The molecule has 0 bridgehead atoms. The molecule has 2 N–H and O–H groups in total. The maximum absolute atomic E-state index is 12.2. The lowest BCUT2D eigenvalue weighted by Gasteiger charge is -2.42. The summed E-state index contributed by atoms with van der Waals surface area (Å²) in [7, 11) is 1.67. The first-order chi connectivity index (χ1) is 12.2. The predicted molar refractivity (Wildman–Crippen MR) is 100 cm³/mol. The second-order valence-electron chi connectivity index (χ2n) is 6.67. The van der Waals surface area contributed by atoms with Gasteiger partial charge in [0.25, 0.3) is 0 Å². The predicted octanol–water partition coefficient (Wildman–Crippen LogP) is 3.66. The van der Waals surface area contributed by atoms with Gasteiger partial charge in [0.05, 0.1) is 7.11 Å². The summed E-state index contributed by atoms with van der Waals surface area (Å²) in [6, 6.07) is 18.3. The van der Waals surface area contributed by atoms with Crippen molar-refractivity contribution < 1.29 is 9.53 Å². The van der Waals surface area contributed by atoms with Gasteiger partial charge in [-0.15, -0.1) is 0 Å². The highest BCUT2D eigenvalue weighted by Gasteiger charge is 2.38. The Labute approximate surface area is 149 Å². The Morgan fingerprint density at radius 1 is 1.04 bits per heavy atom. The first kappa shape index (κ1) is 17.3. The summed E-state index contributed by atoms with van der Waals surface area (Å²) in [5.74, 6) is 0.863. The van der Waals surface area contributed by atoms with E-state index in [1.165, 1.54) is 12.0 Å². The standard InChI is InChI=1S/C21H26N2O2/c1-25-19-11-6-5-8-17(19)12-15-22-20(24)23-16-21(13-7-14-21)18-9-3-2-4-10-18/h2-6,8-11H,7,12-16H2,1H3,(H2,22,23,24). The van der Waals surface area contributed by atoms with Gasteiger partial charge >= 0.3 is 6.03 Å². The number of ether oxygens (including phenoxy) is 1. The van der Waals surface area contributed by atoms with E-state index in [2.05, 4.69) is 34.9 Å². The van der Waals surface area contributed by atoms with Crippen molar-refractivity contribution in [3.63, 3.8) is 0 Å². The van der Waals surface area contributed by atoms with Crippen molar-refractivity contribution in [2.75, 3.05) is 20.2 Å². The highest BCUT2D eigenvalue weighted by Crippen LogP contribution is 2.43. The van der Waals surface area contributed by atoms with Crippen LogP contribution >= 0.6 is 0 Å². The molecule has 25 heavy (non-hydrogen) atoms. The average Bonchev–Trinajstić information content (AvgIpc) is 2.62. The Morgan fingerprint density at radius 2 is 1.76 bits per heavy atom. The number of carbonyl (C=O) groups excluding carboxylic acids is 1. The number of methoxy groups -OCH3 is 1. The number of hydrogen-bond acceptors (Lipinski definition) is 2. The zero-order valence-corrected chi connectivity index (χ0v) is 14.8. The molecule has 1 aliphatic rings. The van der Waals surface area contributed by atoms with Crippen molar-refractivity contribution in [3.8, 4) is 5.75 Å². The van der Waals surface area contributed by atoms with Gasteiger partial charge in [-0.05, 0) is 36.5 Å². The third-order valence-corrected chi connectivity index (χ3v) is 5.16. The monoisotopic (exact) mass is 338 g/mol. The van der Waals surface area contributed by atoms with Crippen LogP contribution in [0.2, 0.25) is 0 Å². The maximum Gasteiger partial charge on any atom is 0.314 e. The number of carbonyl (C=O) groups is 1. The molecule has 0 saturated heterocycles. The fraction of sp³-hybridized carbons (Fsp3) is 0.381. The fourth-order valence-corrected chi connectivity index (χ4v) is 3.49. The van der Waals surface area contributed by atoms with Crippen molar-refractivity contribution in [1.29, 1.82) is 0 Å². The summed E-state index contributed by atoms with van der Waals surface area (Å²) < 4.78 is 5.34. The largest absolute Gasteiger partial charge is 0.496 e. The van der Waals surface area contributed by atoms with E-state index in [1.807, 2.05) is 30.3 Å². The Kier molecular flexibility index (Phi) is 5.59. The van der Waals surface area contributed by atoms with Gasteiger partial charge in [-0.3, -0.25) is 0 Å². The van der Waals surface area contributed by atoms with Crippen LogP contribution in [0.5, 0.6) is 5.75 Å². The van der Waals surface area contributed by atoms with E-state index >= 15 is 0 Å². The number of urea groups is 1. The molecule has 1 fully saturated rings. The number of rotatable bonds is 7. The van der Waals surface area contributed by atoms with Gasteiger partial charge in [-0.25, -0.2) is 4.79 Å². The van der Waals surface area contributed by atoms with Crippen molar-refractivity contribution >= 4 is 6.03 Å². The molecular weight excluding hydrogens is 312 g/mol. The third-order valence-electron chi connectivity index (χ3n) is 5.16. The number of amides is 2. The van der Waals surface area contributed by atoms with Crippen LogP contribution in [0.4, 0.5) is 4.79 Å². The lowest BCUT2D eigenvalue weighted by molar-refractivity contribution is 0.215. The molecule has 132 valence electrons. The molecule has 2 amide bonds. The Hall–Kier alpha value is -2.49.